The van der Waals surface area contributed by atoms with Crippen molar-refractivity contribution in [1.29, 1.82) is 0 Å². The van der Waals surface area contributed by atoms with Gasteiger partial charge in [-0.05, 0) is 24.7 Å². The highest BCUT2D eigenvalue weighted by Gasteiger charge is 2.14. The third kappa shape index (κ3) is 6.97. The van der Waals surface area contributed by atoms with Crippen LogP contribution < -0.4 is 10.1 Å². The molecular formula is C17H25N3O3. The first kappa shape index (κ1) is 18.7. The van der Waals surface area contributed by atoms with E-state index in [9.17, 15) is 9.59 Å². The second-order valence-corrected chi connectivity index (χ2v) is 5.34. The maximum absolute atomic E-state index is 12.0. The number of nitrogens with one attached hydrogen (secondary N) is 1. The summed E-state index contributed by atoms with van der Waals surface area (Å²) in [6.07, 6.45) is 1.70. The van der Waals surface area contributed by atoms with Gasteiger partial charge in [-0.15, -0.1) is 0 Å². The van der Waals surface area contributed by atoms with E-state index in [0.717, 1.165) is 11.3 Å². The summed E-state index contributed by atoms with van der Waals surface area (Å²) in [5.41, 5.74) is 1.08. The summed E-state index contributed by atoms with van der Waals surface area (Å²) in [5, 5.41) is 2.50. The Balaban J connectivity index is 2.46. The van der Waals surface area contributed by atoms with Gasteiger partial charge in [0.15, 0.2) is 0 Å². The van der Waals surface area contributed by atoms with Crippen LogP contribution in [0.25, 0.3) is 0 Å². The average Bonchev–Trinajstić information content (AvgIpc) is 2.53. The van der Waals surface area contributed by atoms with Crippen LogP contribution in [0.5, 0.6) is 5.75 Å². The van der Waals surface area contributed by atoms with Gasteiger partial charge in [-0.3, -0.25) is 14.5 Å². The zero-order valence-corrected chi connectivity index (χ0v) is 14.0. The van der Waals surface area contributed by atoms with E-state index >= 15 is 0 Å². The van der Waals surface area contributed by atoms with Crippen molar-refractivity contribution < 1.29 is 14.3 Å². The molecule has 1 rings (SSSR count). The standard InChI is InChI=1S/C17H25N3O3/c1-5-10-23-15-8-6-14(7-9-15)11-19(3)13-17(22)20(4)12-16(21)18-2/h5-9H,1,10-13H2,2-4H3,(H,18,21). The Labute approximate surface area is 137 Å². The van der Waals surface area contributed by atoms with Gasteiger partial charge in [-0.1, -0.05) is 24.8 Å². The van der Waals surface area contributed by atoms with Crippen LogP contribution in [0.4, 0.5) is 0 Å². The predicted octanol–water partition coefficient (Wildman–Crippen LogP) is 0.888. The molecule has 6 nitrogen and oxygen atoms in total. The SMILES string of the molecule is C=CCOc1ccc(CN(C)CC(=O)N(C)CC(=O)NC)cc1. The van der Waals surface area contributed by atoms with E-state index in [-0.39, 0.29) is 24.9 Å². The number of benzene rings is 1. The Morgan fingerprint density at radius 2 is 1.87 bits per heavy atom. The average molecular weight is 319 g/mol. The number of carbonyl (C=O) groups excluding carboxylic acids is 2. The lowest BCUT2D eigenvalue weighted by atomic mass is 10.2. The van der Waals surface area contributed by atoms with Crippen LogP contribution in [0.2, 0.25) is 0 Å². The second kappa shape index (κ2) is 9.63. The lowest BCUT2D eigenvalue weighted by molar-refractivity contribution is -0.135. The van der Waals surface area contributed by atoms with E-state index < -0.39 is 0 Å². The van der Waals surface area contributed by atoms with Gasteiger partial charge >= 0.3 is 0 Å². The Bertz CT molecular complexity index is 528. The summed E-state index contributed by atoms with van der Waals surface area (Å²) in [4.78, 5) is 26.6. The molecule has 0 aliphatic rings. The van der Waals surface area contributed by atoms with Crippen LogP contribution in [0.15, 0.2) is 36.9 Å². The molecule has 0 saturated carbocycles. The van der Waals surface area contributed by atoms with Gasteiger partial charge in [0.1, 0.15) is 12.4 Å². The van der Waals surface area contributed by atoms with Crippen molar-refractivity contribution in [2.24, 2.45) is 0 Å². The van der Waals surface area contributed by atoms with E-state index in [0.29, 0.717) is 13.2 Å². The summed E-state index contributed by atoms with van der Waals surface area (Å²) < 4.78 is 5.43. The minimum Gasteiger partial charge on any atom is -0.490 e. The molecule has 2 amide bonds. The molecule has 0 aliphatic heterocycles. The number of likely N-dealkylation sites (N-methyl/N-ethyl adjacent to an activating group) is 3. The smallest absolute Gasteiger partial charge is 0.239 e. The fourth-order valence-corrected chi connectivity index (χ4v) is 1.95. The summed E-state index contributed by atoms with van der Waals surface area (Å²) >= 11 is 0. The fourth-order valence-electron chi connectivity index (χ4n) is 1.95. The van der Waals surface area contributed by atoms with E-state index in [4.69, 9.17) is 4.74 Å². The van der Waals surface area contributed by atoms with Crippen molar-refractivity contribution in [2.75, 3.05) is 40.8 Å². The maximum atomic E-state index is 12.0. The highest BCUT2D eigenvalue weighted by atomic mass is 16.5. The molecule has 0 saturated heterocycles. The van der Waals surface area contributed by atoms with E-state index in [1.807, 2.05) is 36.2 Å². The topological polar surface area (TPSA) is 61.9 Å². The molecule has 0 heterocycles. The van der Waals surface area contributed by atoms with E-state index in [1.165, 1.54) is 4.90 Å². The lowest BCUT2D eigenvalue weighted by Gasteiger charge is -2.21. The molecule has 0 fully saturated rings. The highest BCUT2D eigenvalue weighted by molar-refractivity contribution is 5.85. The van der Waals surface area contributed by atoms with Crippen molar-refractivity contribution in [3.05, 3.63) is 42.5 Å². The van der Waals surface area contributed by atoms with E-state index in [2.05, 4.69) is 11.9 Å². The molecule has 0 unspecified atom stereocenters. The molecule has 1 aromatic rings. The number of hydrogen-bond donors (Lipinski definition) is 1. The van der Waals surface area contributed by atoms with Gasteiger partial charge in [0.05, 0.1) is 13.1 Å². The molecule has 6 heteroatoms. The van der Waals surface area contributed by atoms with Gasteiger partial charge < -0.3 is 15.0 Å². The van der Waals surface area contributed by atoms with Crippen LogP contribution in [0.1, 0.15) is 5.56 Å². The van der Waals surface area contributed by atoms with Crippen LogP contribution in [-0.4, -0.2) is 62.5 Å². The summed E-state index contributed by atoms with van der Waals surface area (Å²) in [6, 6.07) is 7.72. The molecule has 0 aromatic heterocycles. The first-order chi connectivity index (χ1) is 11.0. The van der Waals surface area contributed by atoms with Gasteiger partial charge in [0.2, 0.25) is 11.8 Å². The minimum absolute atomic E-state index is 0.0680. The van der Waals surface area contributed by atoms with Crippen molar-refractivity contribution in [2.45, 2.75) is 6.54 Å². The number of hydrogen-bond acceptors (Lipinski definition) is 4. The monoisotopic (exact) mass is 319 g/mol. The van der Waals surface area contributed by atoms with Gasteiger partial charge in [-0.2, -0.15) is 0 Å². The summed E-state index contributed by atoms with van der Waals surface area (Å²) in [7, 11) is 5.04. The number of ether oxygens (including phenoxy) is 1. The third-order valence-corrected chi connectivity index (χ3v) is 3.23. The number of nitrogens with zero attached hydrogens (tertiary/aromatic N) is 2. The van der Waals surface area contributed by atoms with Gasteiger partial charge in [0.25, 0.3) is 0 Å². The molecule has 23 heavy (non-hydrogen) atoms. The van der Waals surface area contributed by atoms with Crippen LogP contribution in [0, 0.1) is 0 Å². The van der Waals surface area contributed by atoms with Gasteiger partial charge in [-0.25, -0.2) is 0 Å². The maximum Gasteiger partial charge on any atom is 0.239 e. The first-order valence-electron chi connectivity index (χ1n) is 7.42. The van der Waals surface area contributed by atoms with Crippen molar-refractivity contribution in [1.82, 2.24) is 15.1 Å². The summed E-state index contributed by atoms with van der Waals surface area (Å²) in [6.45, 7) is 5.04. The molecule has 0 aliphatic carbocycles. The molecule has 1 aromatic carbocycles. The Kier molecular flexibility index (Phi) is 7.83. The Hall–Kier alpha value is -2.34. The van der Waals surface area contributed by atoms with Crippen LogP contribution in [0.3, 0.4) is 0 Å². The first-order valence-corrected chi connectivity index (χ1v) is 7.42. The molecule has 0 atom stereocenters. The molecule has 1 N–H and O–H groups in total. The van der Waals surface area contributed by atoms with Crippen LogP contribution >= 0.6 is 0 Å². The van der Waals surface area contributed by atoms with Gasteiger partial charge in [0, 0.05) is 20.6 Å². The zero-order valence-electron chi connectivity index (χ0n) is 14.0. The predicted molar refractivity (Wildman–Crippen MR) is 90.2 cm³/mol. The molecular weight excluding hydrogens is 294 g/mol. The molecule has 126 valence electrons. The highest BCUT2D eigenvalue weighted by Crippen LogP contribution is 2.13. The minimum atomic E-state index is -0.182. The number of amides is 2. The third-order valence-electron chi connectivity index (χ3n) is 3.23. The van der Waals surface area contributed by atoms with Crippen molar-refractivity contribution in [3.8, 4) is 5.75 Å². The number of rotatable bonds is 9. The molecule has 0 bridgehead atoms. The normalized spacial score (nSPS) is 10.3. The Morgan fingerprint density at radius 3 is 2.43 bits per heavy atom. The Morgan fingerprint density at radius 1 is 1.22 bits per heavy atom. The molecule has 0 spiro atoms. The van der Waals surface area contributed by atoms with E-state index in [1.54, 1.807) is 20.2 Å². The quantitative estimate of drug-likeness (QED) is 0.687. The van der Waals surface area contributed by atoms with Crippen molar-refractivity contribution in [3.63, 3.8) is 0 Å². The lowest BCUT2D eigenvalue weighted by Crippen LogP contribution is -2.41. The largest absolute Gasteiger partial charge is 0.490 e. The van der Waals surface area contributed by atoms with Crippen molar-refractivity contribution >= 4 is 11.8 Å². The summed E-state index contributed by atoms with van der Waals surface area (Å²) in [5.74, 6) is 0.512. The number of carbonyl (C=O) groups is 2. The molecule has 0 radical (unpaired) electrons. The zero-order chi connectivity index (χ0) is 17.2. The van der Waals surface area contributed by atoms with Crippen LogP contribution in [-0.2, 0) is 16.1 Å². The second-order valence-electron chi connectivity index (χ2n) is 5.34. The fraction of sp³-hybridized carbons (Fsp3) is 0.412.